The number of carbonyl (C=O) groups is 4. The highest BCUT2D eigenvalue weighted by atomic mass is 79.9. The lowest BCUT2D eigenvalue weighted by atomic mass is 10.1. The van der Waals surface area contributed by atoms with Crippen molar-refractivity contribution in [3.63, 3.8) is 0 Å². The Labute approximate surface area is 195 Å². The van der Waals surface area contributed by atoms with E-state index in [4.69, 9.17) is 0 Å². The minimum atomic E-state index is -0.985. The van der Waals surface area contributed by atoms with Gasteiger partial charge in [0, 0.05) is 0 Å². The molecule has 0 radical (unpaired) electrons. The largest absolute Gasteiger partial charge is 0.276 e. The van der Waals surface area contributed by atoms with Gasteiger partial charge in [-0.1, -0.05) is 88.0 Å². The molecule has 10 heteroatoms. The van der Waals surface area contributed by atoms with Crippen LogP contribution >= 0.6 is 63.7 Å². The van der Waals surface area contributed by atoms with Crippen LogP contribution < -0.4 is 0 Å². The summed E-state index contributed by atoms with van der Waals surface area (Å²) < 4.78 is -1.97. The number of alkyl halides is 4. The van der Waals surface area contributed by atoms with E-state index in [0.717, 1.165) is 11.1 Å². The van der Waals surface area contributed by atoms with Gasteiger partial charge in [-0.15, -0.1) is 0 Å². The summed E-state index contributed by atoms with van der Waals surface area (Å²) in [5.74, 6) is -1.24. The highest BCUT2D eigenvalue weighted by Gasteiger charge is 2.55. The molecule has 0 aliphatic carbocycles. The Morgan fingerprint density at radius 2 is 1.18 bits per heavy atom. The van der Waals surface area contributed by atoms with Gasteiger partial charge < -0.3 is 0 Å². The number of amides is 4. The summed E-state index contributed by atoms with van der Waals surface area (Å²) >= 11 is 13.2. The third-order valence-electron chi connectivity index (χ3n) is 4.92. The van der Waals surface area contributed by atoms with Gasteiger partial charge in [0.15, 0.2) is 0 Å². The number of benzene rings is 1. The lowest BCUT2D eigenvalue weighted by Gasteiger charge is -2.19. The number of halogens is 4. The van der Waals surface area contributed by atoms with Gasteiger partial charge in [0.1, 0.15) is 18.3 Å². The first-order chi connectivity index (χ1) is 12.9. The maximum absolute atomic E-state index is 12.5. The molecule has 2 aliphatic heterocycles. The highest BCUT2D eigenvalue weighted by Crippen LogP contribution is 2.39. The minimum absolute atomic E-state index is 0.119. The van der Waals surface area contributed by atoms with Crippen LogP contribution in [0.1, 0.15) is 25.0 Å². The van der Waals surface area contributed by atoms with E-state index in [1.165, 1.54) is 9.80 Å². The fourth-order valence-corrected chi connectivity index (χ4v) is 4.88. The zero-order valence-corrected chi connectivity index (χ0v) is 21.3. The predicted octanol–water partition coefficient (Wildman–Crippen LogP) is 3.26. The molecule has 0 spiro atoms. The molecule has 1 aromatic rings. The van der Waals surface area contributed by atoms with Crippen LogP contribution in [-0.2, 0) is 32.3 Å². The fourth-order valence-electron chi connectivity index (χ4n) is 3.17. The number of likely N-dealkylation sites (tertiary alicyclic amines) is 2. The zero-order valence-electron chi connectivity index (χ0n) is 14.9. The van der Waals surface area contributed by atoms with Gasteiger partial charge in [-0.05, 0) is 25.0 Å². The Balaban J connectivity index is 1.79. The second-order valence-corrected chi connectivity index (χ2v) is 12.3. The molecule has 4 atom stereocenters. The van der Waals surface area contributed by atoms with Gasteiger partial charge in [0.2, 0.25) is 23.6 Å². The molecule has 0 N–H and O–H groups in total. The van der Waals surface area contributed by atoms with Gasteiger partial charge in [0.05, 0.1) is 13.1 Å². The monoisotopic (exact) mass is 640 g/mol. The lowest BCUT2D eigenvalue weighted by Crippen LogP contribution is -2.35. The quantitative estimate of drug-likeness (QED) is 0.373. The van der Waals surface area contributed by atoms with Crippen LogP contribution in [-0.4, -0.2) is 51.7 Å². The Morgan fingerprint density at radius 1 is 0.821 bits per heavy atom. The van der Waals surface area contributed by atoms with Crippen LogP contribution in [0, 0.1) is 0 Å². The van der Waals surface area contributed by atoms with Crippen molar-refractivity contribution in [1.82, 2.24) is 9.80 Å². The van der Waals surface area contributed by atoms with E-state index in [-0.39, 0.29) is 36.7 Å². The smallest absolute Gasteiger partial charge is 0.247 e. The van der Waals surface area contributed by atoms with E-state index < -0.39 is 18.3 Å². The first kappa shape index (κ1) is 22.1. The second-order valence-electron chi connectivity index (χ2n) is 7.16. The minimum Gasteiger partial charge on any atom is -0.276 e. The molecule has 6 nitrogen and oxygen atoms in total. The lowest BCUT2D eigenvalue weighted by molar-refractivity contribution is -0.140. The first-order valence-corrected chi connectivity index (χ1v) is 11.8. The summed E-state index contributed by atoms with van der Waals surface area (Å²) in [4.78, 5) is 51.0. The Morgan fingerprint density at radius 3 is 1.46 bits per heavy atom. The topological polar surface area (TPSA) is 74.8 Å². The molecule has 150 valence electrons. The van der Waals surface area contributed by atoms with Crippen LogP contribution in [0.5, 0.6) is 0 Å². The third-order valence-corrected chi connectivity index (χ3v) is 10.4. The summed E-state index contributed by atoms with van der Waals surface area (Å²) in [6, 6.07) is 7.17. The number of rotatable bonds is 4. The van der Waals surface area contributed by atoms with Crippen molar-refractivity contribution >= 4 is 87.3 Å². The average Bonchev–Trinajstić information content (AvgIpc) is 2.88. The fraction of sp³-hybridized carbons (Fsp3) is 0.444. The summed E-state index contributed by atoms with van der Waals surface area (Å²) in [5, 5.41) is 0. The van der Waals surface area contributed by atoms with E-state index in [1.807, 2.05) is 0 Å². The Hall–Kier alpha value is -0.580. The van der Waals surface area contributed by atoms with Crippen LogP contribution in [0.4, 0.5) is 0 Å². The molecule has 28 heavy (non-hydrogen) atoms. The number of nitrogens with zero attached hydrogens (tertiary/aromatic N) is 2. The van der Waals surface area contributed by atoms with Crippen molar-refractivity contribution in [1.29, 1.82) is 0 Å². The van der Waals surface area contributed by atoms with E-state index in [1.54, 1.807) is 38.1 Å². The molecule has 3 rings (SSSR count). The molecular weight excluding hydrogens is 628 g/mol. The van der Waals surface area contributed by atoms with E-state index in [2.05, 4.69) is 63.7 Å². The standard InChI is InChI=1S/C18H16Br4N2O4/c1-17(21)11(19)13(25)23(15(17)27)7-9-4-3-5-10(6-9)8-24-14(26)12(20)18(2,22)16(24)28/h3-6,11-12H,7-8H2,1-2H3. The van der Waals surface area contributed by atoms with Gasteiger partial charge in [-0.3, -0.25) is 29.0 Å². The number of hydrogen-bond acceptors (Lipinski definition) is 4. The number of imide groups is 2. The van der Waals surface area contributed by atoms with E-state index >= 15 is 0 Å². The van der Waals surface area contributed by atoms with Gasteiger partial charge in [-0.25, -0.2) is 0 Å². The molecule has 0 aromatic heterocycles. The maximum Gasteiger partial charge on any atom is 0.247 e. The van der Waals surface area contributed by atoms with Crippen molar-refractivity contribution in [2.75, 3.05) is 0 Å². The molecule has 4 amide bonds. The second kappa shape index (κ2) is 7.59. The van der Waals surface area contributed by atoms with Crippen molar-refractivity contribution in [3.8, 4) is 0 Å². The van der Waals surface area contributed by atoms with Crippen LogP contribution in [0.25, 0.3) is 0 Å². The van der Waals surface area contributed by atoms with Gasteiger partial charge in [0.25, 0.3) is 0 Å². The Bertz CT molecular complexity index is 819. The number of hydrogen-bond donors (Lipinski definition) is 0. The van der Waals surface area contributed by atoms with Gasteiger partial charge >= 0.3 is 0 Å². The summed E-state index contributed by atoms with van der Waals surface area (Å²) in [6.45, 7) is 3.55. The maximum atomic E-state index is 12.5. The molecule has 2 saturated heterocycles. The third kappa shape index (κ3) is 3.54. The van der Waals surface area contributed by atoms with Crippen LogP contribution in [0.2, 0.25) is 0 Å². The van der Waals surface area contributed by atoms with Crippen molar-refractivity contribution in [3.05, 3.63) is 35.4 Å². The molecule has 0 bridgehead atoms. The van der Waals surface area contributed by atoms with Crippen molar-refractivity contribution < 1.29 is 19.2 Å². The molecule has 2 fully saturated rings. The van der Waals surface area contributed by atoms with Crippen molar-refractivity contribution in [2.45, 2.75) is 45.2 Å². The summed E-state index contributed by atoms with van der Waals surface area (Å²) in [7, 11) is 0. The van der Waals surface area contributed by atoms with Crippen LogP contribution in [0.3, 0.4) is 0 Å². The van der Waals surface area contributed by atoms with E-state index in [9.17, 15) is 19.2 Å². The molecule has 2 aliphatic rings. The van der Waals surface area contributed by atoms with Crippen molar-refractivity contribution in [2.24, 2.45) is 0 Å². The predicted molar refractivity (Wildman–Crippen MR) is 118 cm³/mol. The summed E-state index contributed by atoms with van der Waals surface area (Å²) in [5.41, 5.74) is 1.47. The zero-order chi connectivity index (χ0) is 21.0. The number of carbonyl (C=O) groups excluding carboxylic acids is 4. The van der Waals surface area contributed by atoms with E-state index in [0.29, 0.717) is 0 Å². The first-order valence-electron chi connectivity index (χ1n) is 8.34. The SMILES string of the molecule is CC1(Br)C(=O)N(Cc2cccc(CN3C(=O)C(Br)C(C)(Br)C3=O)c2)C(=O)C1Br. The molecule has 4 unspecified atom stereocenters. The summed E-state index contributed by atoms with van der Waals surface area (Å²) in [6.07, 6.45) is 0. The molecule has 2 heterocycles. The molecule has 0 saturated carbocycles. The van der Waals surface area contributed by atoms with Gasteiger partial charge in [-0.2, -0.15) is 0 Å². The van der Waals surface area contributed by atoms with Crippen LogP contribution in [0.15, 0.2) is 24.3 Å². The normalized spacial score (nSPS) is 33.4. The average molecular weight is 644 g/mol. The molecule has 1 aromatic carbocycles. The molecular formula is C18H16Br4N2O4. The highest BCUT2D eigenvalue weighted by molar-refractivity contribution is 9.13. The Kier molecular flexibility index (Phi) is 6.00.